The smallest absolute Gasteiger partial charge is 0.250 e. The molecule has 2 rings (SSSR count). The summed E-state index contributed by atoms with van der Waals surface area (Å²) in [4.78, 5) is 16.4. The van der Waals surface area contributed by atoms with Gasteiger partial charge in [0.2, 0.25) is 5.91 Å². The fourth-order valence-electron chi connectivity index (χ4n) is 2.19. The van der Waals surface area contributed by atoms with Gasteiger partial charge < -0.3 is 5.32 Å². The summed E-state index contributed by atoms with van der Waals surface area (Å²) in [6.45, 7) is 6.32. The summed E-state index contributed by atoms with van der Waals surface area (Å²) in [5, 5.41) is 3.97. The van der Waals surface area contributed by atoms with Gasteiger partial charge in [-0.1, -0.05) is 20.8 Å². The fraction of sp³-hybridized carbons (Fsp3) is 0.833. The molecule has 0 aromatic heterocycles. The van der Waals surface area contributed by atoms with E-state index in [9.17, 15) is 4.79 Å². The Morgan fingerprint density at radius 2 is 2.12 bits per heavy atom. The van der Waals surface area contributed by atoms with Gasteiger partial charge in [-0.25, -0.2) is 0 Å². The largest absolute Gasteiger partial charge is 0.312 e. The van der Waals surface area contributed by atoms with Crippen molar-refractivity contribution in [2.75, 3.05) is 11.5 Å². The number of hydrogen-bond donors (Lipinski definition) is 1. The molecule has 1 amide bonds. The van der Waals surface area contributed by atoms with E-state index in [-0.39, 0.29) is 17.9 Å². The molecular formula is C12H20N2OS2. The molecule has 3 nitrogen and oxygen atoms in total. The zero-order valence-corrected chi connectivity index (χ0v) is 12.2. The first-order valence-electron chi connectivity index (χ1n) is 6.25. The van der Waals surface area contributed by atoms with Crippen LogP contribution in [0.1, 0.15) is 27.2 Å². The SMILES string of the molecule is CCC1SCCSC1C1=NC(C(C)C)C(=O)N1. The van der Waals surface area contributed by atoms with E-state index in [1.807, 2.05) is 23.5 Å². The summed E-state index contributed by atoms with van der Waals surface area (Å²) in [7, 11) is 0. The van der Waals surface area contributed by atoms with Gasteiger partial charge in [-0.15, -0.1) is 11.8 Å². The maximum absolute atomic E-state index is 11.8. The van der Waals surface area contributed by atoms with Gasteiger partial charge in [-0.3, -0.25) is 9.79 Å². The molecular weight excluding hydrogens is 252 g/mol. The molecule has 0 aromatic rings. The Balaban J connectivity index is 2.11. The number of hydrogen-bond acceptors (Lipinski definition) is 4. The summed E-state index contributed by atoms with van der Waals surface area (Å²) in [6.07, 6.45) is 1.14. The number of thioether (sulfide) groups is 2. The van der Waals surface area contributed by atoms with E-state index < -0.39 is 0 Å². The van der Waals surface area contributed by atoms with Gasteiger partial charge in [0, 0.05) is 16.8 Å². The van der Waals surface area contributed by atoms with Crippen LogP contribution in [0.15, 0.2) is 4.99 Å². The van der Waals surface area contributed by atoms with Crippen LogP contribution in [-0.4, -0.2) is 39.8 Å². The third kappa shape index (κ3) is 2.81. The van der Waals surface area contributed by atoms with Crippen LogP contribution in [-0.2, 0) is 4.79 Å². The maximum Gasteiger partial charge on any atom is 0.250 e. The van der Waals surface area contributed by atoms with E-state index in [2.05, 4.69) is 31.1 Å². The molecule has 5 heteroatoms. The lowest BCUT2D eigenvalue weighted by Crippen LogP contribution is -2.41. The summed E-state index contributed by atoms with van der Waals surface area (Å²) >= 11 is 3.96. The Labute approximate surface area is 112 Å². The van der Waals surface area contributed by atoms with E-state index in [1.54, 1.807) is 0 Å². The Kier molecular flexibility index (Phi) is 4.42. The van der Waals surface area contributed by atoms with Crippen molar-refractivity contribution in [3.05, 3.63) is 0 Å². The van der Waals surface area contributed by atoms with Crippen LogP contribution in [0.4, 0.5) is 0 Å². The molecule has 0 spiro atoms. The van der Waals surface area contributed by atoms with Crippen molar-refractivity contribution in [1.82, 2.24) is 5.32 Å². The van der Waals surface area contributed by atoms with Gasteiger partial charge in [-0.2, -0.15) is 11.8 Å². The van der Waals surface area contributed by atoms with Crippen molar-refractivity contribution in [3.63, 3.8) is 0 Å². The van der Waals surface area contributed by atoms with Crippen LogP contribution in [0.5, 0.6) is 0 Å². The fourth-order valence-corrected chi connectivity index (χ4v) is 5.22. The third-order valence-corrected chi connectivity index (χ3v) is 6.41. The number of nitrogens with zero attached hydrogens (tertiary/aromatic N) is 1. The van der Waals surface area contributed by atoms with Crippen molar-refractivity contribution in [2.45, 2.75) is 43.7 Å². The standard InChI is InChI=1S/C12H20N2OS2/c1-4-8-10(17-6-5-16-8)11-13-9(7(2)3)12(15)14-11/h7-10H,4-6H2,1-3H3,(H,13,14,15). The monoisotopic (exact) mass is 272 g/mol. The number of amides is 1. The second kappa shape index (κ2) is 5.65. The highest BCUT2D eigenvalue weighted by atomic mass is 32.2. The summed E-state index contributed by atoms with van der Waals surface area (Å²) in [5.41, 5.74) is 0. The zero-order chi connectivity index (χ0) is 12.4. The topological polar surface area (TPSA) is 41.5 Å². The van der Waals surface area contributed by atoms with Crippen LogP contribution < -0.4 is 5.32 Å². The minimum absolute atomic E-state index is 0.0843. The van der Waals surface area contributed by atoms with Crippen LogP contribution >= 0.6 is 23.5 Å². The lowest BCUT2D eigenvalue weighted by Gasteiger charge is -2.29. The number of rotatable bonds is 3. The van der Waals surface area contributed by atoms with E-state index in [1.165, 1.54) is 5.75 Å². The van der Waals surface area contributed by atoms with Crippen molar-refractivity contribution >= 4 is 35.3 Å². The first-order chi connectivity index (χ1) is 8.13. The number of aliphatic imine (C=N–C) groups is 1. The van der Waals surface area contributed by atoms with Gasteiger partial charge in [-0.05, 0) is 12.3 Å². The minimum atomic E-state index is -0.171. The van der Waals surface area contributed by atoms with Crippen LogP contribution in [0, 0.1) is 5.92 Å². The lowest BCUT2D eigenvalue weighted by atomic mass is 10.1. The molecule has 96 valence electrons. The summed E-state index contributed by atoms with van der Waals surface area (Å²) in [5.74, 6) is 3.68. The summed E-state index contributed by atoms with van der Waals surface area (Å²) in [6, 6.07) is -0.171. The minimum Gasteiger partial charge on any atom is -0.312 e. The number of carbonyl (C=O) groups is 1. The highest BCUT2D eigenvalue weighted by Gasteiger charge is 2.36. The molecule has 0 bridgehead atoms. The van der Waals surface area contributed by atoms with Gasteiger partial charge >= 0.3 is 0 Å². The van der Waals surface area contributed by atoms with Crippen molar-refractivity contribution in [1.29, 1.82) is 0 Å². The summed E-state index contributed by atoms with van der Waals surface area (Å²) < 4.78 is 0. The Bertz CT molecular complexity index is 330. The molecule has 2 aliphatic heterocycles. The third-order valence-electron chi connectivity index (χ3n) is 3.15. The first-order valence-corrected chi connectivity index (χ1v) is 8.35. The molecule has 0 aliphatic carbocycles. The molecule has 0 saturated carbocycles. The number of nitrogens with one attached hydrogen (secondary N) is 1. The molecule has 2 aliphatic rings. The second-order valence-electron chi connectivity index (χ2n) is 4.80. The second-order valence-corrected chi connectivity index (χ2v) is 7.40. The number of carbonyl (C=O) groups excluding carboxylic acids is 1. The Morgan fingerprint density at radius 3 is 2.71 bits per heavy atom. The average molecular weight is 272 g/mol. The van der Waals surface area contributed by atoms with Gasteiger partial charge in [0.05, 0.1) is 5.25 Å². The van der Waals surface area contributed by atoms with Crippen molar-refractivity contribution in [3.8, 4) is 0 Å². The van der Waals surface area contributed by atoms with Crippen LogP contribution in [0.25, 0.3) is 0 Å². The molecule has 17 heavy (non-hydrogen) atoms. The molecule has 2 heterocycles. The highest BCUT2D eigenvalue weighted by molar-refractivity contribution is 8.07. The maximum atomic E-state index is 11.8. The molecule has 0 radical (unpaired) electrons. The molecule has 3 atom stereocenters. The van der Waals surface area contributed by atoms with Gasteiger partial charge in [0.1, 0.15) is 11.9 Å². The first kappa shape index (κ1) is 13.3. The van der Waals surface area contributed by atoms with Crippen LogP contribution in [0.3, 0.4) is 0 Å². The van der Waals surface area contributed by atoms with E-state index in [4.69, 9.17) is 0 Å². The molecule has 1 fully saturated rings. The van der Waals surface area contributed by atoms with Gasteiger partial charge in [0.15, 0.2) is 0 Å². The normalized spacial score (nSPS) is 33.8. The zero-order valence-electron chi connectivity index (χ0n) is 10.6. The highest BCUT2D eigenvalue weighted by Crippen LogP contribution is 2.34. The van der Waals surface area contributed by atoms with Gasteiger partial charge in [0.25, 0.3) is 0 Å². The Morgan fingerprint density at radius 1 is 1.41 bits per heavy atom. The van der Waals surface area contributed by atoms with Crippen LogP contribution in [0.2, 0.25) is 0 Å². The molecule has 1 N–H and O–H groups in total. The van der Waals surface area contributed by atoms with Crippen molar-refractivity contribution in [2.24, 2.45) is 10.9 Å². The van der Waals surface area contributed by atoms with E-state index in [0.717, 1.165) is 18.0 Å². The molecule has 1 saturated heterocycles. The quantitative estimate of drug-likeness (QED) is 0.856. The Hall–Kier alpha value is -0.160. The predicted molar refractivity (Wildman–Crippen MR) is 77.0 cm³/mol. The molecule has 3 unspecified atom stereocenters. The average Bonchev–Trinajstić information content (AvgIpc) is 2.71. The molecule has 0 aromatic carbocycles. The lowest BCUT2D eigenvalue weighted by molar-refractivity contribution is -0.120. The van der Waals surface area contributed by atoms with E-state index in [0.29, 0.717) is 10.5 Å². The van der Waals surface area contributed by atoms with Crippen molar-refractivity contribution < 1.29 is 4.79 Å². The number of amidine groups is 1. The van der Waals surface area contributed by atoms with E-state index >= 15 is 0 Å². The predicted octanol–water partition coefficient (Wildman–Crippen LogP) is 2.17.